The number of allylic oxidation sites excluding steroid dienone is 4. The second-order valence-corrected chi connectivity index (χ2v) is 20.9. The standard InChI is InChI=1S/C21H25.C18H25.C11H14.2ClH.Zr/c1-20(2,3)16-9-7-14-11-15-8-10-17(21(4,5)6)13-19(15)18(14)12-16;1-12-3-13(2)17(4-12)11-18-8-14-5-15(9-18)7-16(6-14)10-18;1-9-5-7-10(8-6-9)11(2,3)4;;;/h7,9-10,12-13H,11H2,1-6H3;4,12,14-16H,5-11H2,1-2H3;1,5-8H,2-4H3;2*1H;/q2*-1;;;;+2/p-2. The van der Waals surface area contributed by atoms with Gasteiger partial charge < -0.3 is 24.8 Å². The largest absolute Gasteiger partial charge is 1.00 e. The van der Waals surface area contributed by atoms with E-state index >= 15 is 0 Å². The van der Waals surface area contributed by atoms with Crippen molar-refractivity contribution >= 4 is 3.71 Å². The molecule has 0 spiro atoms. The van der Waals surface area contributed by atoms with Gasteiger partial charge in [0.05, 0.1) is 0 Å². The van der Waals surface area contributed by atoms with E-state index in [1.807, 2.05) is 0 Å². The van der Waals surface area contributed by atoms with Crippen LogP contribution in [0, 0.1) is 41.2 Å². The first-order valence-electron chi connectivity index (χ1n) is 19.9. The topological polar surface area (TPSA) is 0 Å². The molecule has 0 nitrogen and oxygen atoms in total. The van der Waals surface area contributed by atoms with Crippen LogP contribution in [-0.2, 0) is 46.9 Å². The minimum absolute atomic E-state index is 0. The van der Waals surface area contributed by atoms with E-state index < -0.39 is 0 Å². The number of benzene rings is 3. The maximum absolute atomic E-state index is 3.57. The molecule has 4 fully saturated rings. The molecule has 53 heavy (non-hydrogen) atoms. The Hall–Kier alpha value is -1.53. The summed E-state index contributed by atoms with van der Waals surface area (Å²) in [7, 11) is 0. The average Bonchev–Trinajstić information content (AvgIpc) is 3.56. The average molecular weight is 827 g/mol. The van der Waals surface area contributed by atoms with Gasteiger partial charge in [-0.25, -0.2) is 5.57 Å². The smallest absolute Gasteiger partial charge is 0.0402 e. The van der Waals surface area contributed by atoms with Crippen LogP contribution in [0.1, 0.15) is 154 Å². The van der Waals surface area contributed by atoms with E-state index in [1.165, 1.54) is 80.7 Å². The van der Waals surface area contributed by atoms with E-state index in [0.29, 0.717) is 11.3 Å². The van der Waals surface area contributed by atoms with Gasteiger partial charge in [0.15, 0.2) is 0 Å². The summed E-state index contributed by atoms with van der Waals surface area (Å²) in [6.45, 7) is 24.9. The number of halogens is 2. The Bertz CT molecular complexity index is 1700. The first kappa shape index (κ1) is 44.2. The Morgan fingerprint density at radius 1 is 0.717 bits per heavy atom. The molecule has 1 unspecified atom stereocenters. The molecule has 3 aromatic carbocycles. The van der Waals surface area contributed by atoms with Crippen LogP contribution in [0.4, 0.5) is 0 Å². The van der Waals surface area contributed by atoms with Crippen molar-refractivity contribution in [2.24, 2.45) is 29.1 Å². The fraction of sp³-hybridized carbons (Fsp3) is 0.540. The Morgan fingerprint density at radius 3 is 1.70 bits per heavy atom. The number of rotatable bonds is 3. The zero-order chi connectivity index (χ0) is 36.9. The van der Waals surface area contributed by atoms with Gasteiger partial charge in [-0.2, -0.15) is 41.0 Å². The molecule has 9 rings (SSSR count). The summed E-state index contributed by atoms with van der Waals surface area (Å²) in [5, 5.41) is 0. The fourth-order valence-electron chi connectivity index (χ4n) is 10.1. The molecule has 1 atom stereocenters. The summed E-state index contributed by atoms with van der Waals surface area (Å²) in [5.41, 5.74) is 15.6. The normalized spacial score (nSPS) is 24.9. The third kappa shape index (κ3) is 10.5. The van der Waals surface area contributed by atoms with E-state index in [-0.39, 0.29) is 41.1 Å². The molecule has 0 heterocycles. The second-order valence-electron chi connectivity index (χ2n) is 20.2. The molecule has 0 aromatic heterocycles. The van der Waals surface area contributed by atoms with Crippen LogP contribution in [-0.4, -0.2) is 3.71 Å². The summed E-state index contributed by atoms with van der Waals surface area (Å²) in [6.07, 6.45) is 17.8. The van der Waals surface area contributed by atoms with Crippen molar-refractivity contribution in [3.8, 4) is 11.1 Å². The number of hydrogen-bond donors (Lipinski definition) is 0. The van der Waals surface area contributed by atoms with Gasteiger partial charge in [-0.1, -0.05) is 102 Å². The van der Waals surface area contributed by atoms with Crippen LogP contribution in [0.3, 0.4) is 0 Å². The van der Waals surface area contributed by atoms with E-state index in [1.54, 1.807) is 44.1 Å². The third-order valence-corrected chi connectivity index (χ3v) is 13.4. The van der Waals surface area contributed by atoms with Gasteiger partial charge in [-0.15, -0.1) is 5.56 Å². The van der Waals surface area contributed by atoms with Crippen molar-refractivity contribution in [1.82, 2.24) is 0 Å². The molecule has 284 valence electrons. The zero-order valence-corrected chi connectivity index (χ0v) is 38.5. The van der Waals surface area contributed by atoms with Crippen LogP contribution in [0.2, 0.25) is 0 Å². The predicted octanol–water partition coefficient (Wildman–Crippen LogP) is 7.26. The molecule has 0 saturated heterocycles. The molecule has 6 aliphatic carbocycles. The Kier molecular flexibility index (Phi) is 14.1. The van der Waals surface area contributed by atoms with E-state index in [2.05, 4.69) is 153 Å². The van der Waals surface area contributed by atoms with Crippen LogP contribution >= 0.6 is 0 Å². The zero-order valence-electron chi connectivity index (χ0n) is 34.6. The molecular formula is C50H64Cl2Zr-2. The summed E-state index contributed by atoms with van der Waals surface area (Å²) in [4.78, 5) is 0. The molecule has 0 amide bonds. The molecule has 6 aliphatic rings. The van der Waals surface area contributed by atoms with E-state index in [4.69, 9.17) is 0 Å². The van der Waals surface area contributed by atoms with Crippen molar-refractivity contribution in [3.63, 3.8) is 0 Å². The first-order valence-corrected chi connectivity index (χ1v) is 21.3. The van der Waals surface area contributed by atoms with Crippen molar-refractivity contribution in [1.29, 1.82) is 0 Å². The minimum Gasteiger partial charge on any atom is -1.00 e. The number of hydrogen-bond acceptors (Lipinski definition) is 0. The van der Waals surface area contributed by atoms with Gasteiger partial charge in [-0.3, -0.25) is 6.08 Å². The van der Waals surface area contributed by atoms with Crippen molar-refractivity contribution < 1.29 is 49.0 Å². The third-order valence-electron chi connectivity index (χ3n) is 12.6. The van der Waals surface area contributed by atoms with Crippen molar-refractivity contribution in [2.75, 3.05) is 0 Å². The van der Waals surface area contributed by atoms with Crippen molar-refractivity contribution in [2.45, 2.75) is 144 Å². The quantitative estimate of drug-likeness (QED) is 0.191. The second kappa shape index (κ2) is 16.9. The van der Waals surface area contributed by atoms with Gasteiger partial charge in [-0.05, 0) is 79.1 Å². The molecule has 3 aromatic rings. The van der Waals surface area contributed by atoms with Crippen LogP contribution in [0.5, 0.6) is 0 Å². The van der Waals surface area contributed by atoms with E-state index in [0.717, 1.165) is 24.2 Å². The van der Waals surface area contributed by atoms with Gasteiger partial charge in [0.25, 0.3) is 0 Å². The monoisotopic (exact) mass is 824 g/mol. The Morgan fingerprint density at radius 2 is 1.23 bits per heavy atom. The van der Waals surface area contributed by atoms with Crippen LogP contribution in [0.15, 0.2) is 71.8 Å². The molecule has 4 bridgehead atoms. The molecular weight excluding hydrogens is 763 g/mol. The number of fused-ring (bicyclic) bond motifs is 3. The Balaban J connectivity index is 0.000000180. The van der Waals surface area contributed by atoms with Crippen LogP contribution < -0.4 is 24.8 Å². The predicted molar refractivity (Wildman–Crippen MR) is 216 cm³/mol. The molecule has 0 aliphatic heterocycles. The maximum Gasteiger partial charge on any atom is -0.0402 e. The molecule has 4 saturated carbocycles. The maximum atomic E-state index is 3.57. The Labute approximate surface area is 351 Å². The van der Waals surface area contributed by atoms with E-state index in [9.17, 15) is 0 Å². The molecule has 3 heteroatoms. The summed E-state index contributed by atoms with van der Waals surface area (Å²) in [6, 6.07) is 23.9. The van der Waals surface area contributed by atoms with Crippen molar-refractivity contribution in [3.05, 3.63) is 117 Å². The van der Waals surface area contributed by atoms with Gasteiger partial charge >= 0.3 is 89.5 Å². The molecule has 0 N–H and O–H groups in total. The van der Waals surface area contributed by atoms with Gasteiger partial charge in [0.2, 0.25) is 0 Å². The fourth-order valence-corrected chi connectivity index (χ4v) is 10.5. The SMILES string of the molecule is CC(C)(C)c1c[c-]c2c(c1)-c1cc(C(C)(C)C)ccc1C2.CC(C)(C)c1ccc([CH]=[Zr+2])cc1.CC1=[C-]C(C)C=C1CC12CC3CC(CC(C3)C1)C2.[Cl-].[Cl-]. The molecule has 0 radical (unpaired) electrons. The summed E-state index contributed by atoms with van der Waals surface area (Å²) in [5.74, 6) is 3.82. The van der Waals surface area contributed by atoms with Crippen LogP contribution in [0.25, 0.3) is 11.1 Å². The van der Waals surface area contributed by atoms with Gasteiger partial charge in [0.1, 0.15) is 0 Å². The first-order chi connectivity index (χ1) is 23.8. The van der Waals surface area contributed by atoms with Gasteiger partial charge in [0, 0.05) is 0 Å². The minimum atomic E-state index is 0. The summed E-state index contributed by atoms with van der Waals surface area (Å²) >= 11 is 1.46. The summed E-state index contributed by atoms with van der Waals surface area (Å²) < 4.78 is 2.21.